The first-order valence-electron chi connectivity index (χ1n) is 7.53. The van der Waals surface area contributed by atoms with Crippen LogP contribution in [0.4, 0.5) is 0 Å². The van der Waals surface area contributed by atoms with Crippen molar-refractivity contribution in [1.82, 2.24) is 20.3 Å². The van der Waals surface area contributed by atoms with Crippen LogP contribution in [-0.4, -0.2) is 26.9 Å². The predicted molar refractivity (Wildman–Crippen MR) is 91.6 cm³/mol. The fourth-order valence-corrected chi connectivity index (χ4v) is 2.49. The van der Waals surface area contributed by atoms with Crippen molar-refractivity contribution in [3.63, 3.8) is 0 Å². The Labute approximate surface area is 146 Å². The summed E-state index contributed by atoms with van der Waals surface area (Å²) in [4.78, 5) is 13.8. The summed E-state index contributed by atoms with van der Waals surface area (Å²) in [5.41, 5.74) is 0.990. The molecule has 0 saturated carbocycles. The third kappa shape index (κ3) is 5.52. The van der Waals surface area contributed by atoms with Crippen LogP contribution in [0.1, 0.15) is 25.8 Å². The van der Waals surface area contributed by atoms with E-state index in [0.29, 0.717) is 29.4 Å². The molecule has 2 rings (SSSR count). The highest BCUT2D eigenvalue weighted by Gasteiger charge is 2.17. The van der Waals surface area contributed by atoms with Crippen LogP contribution in [0.25, 0.3) is 0 Å². The Morgan fingerprint density at radius 1 is 1.22 bits per heavy atom. The molecule has 0 aliphatic heterocycles. The van der Waals surface area contributed by atoms with E-state index < -0.39 is 0 Å². The highest BCUT2D eigenvalue weighted by molar-refractivity contribution is 6.42. The van der Waals surface area contributed by atoms with Crippen LogP contribution < -0.4 is 5.32 Å². The van der Waals surface area contributed by atoms with Crippen LogP contribution in [0, 0.1) is 5.92 Å². The van der Waals surface area contributed by atoms with Gasteiger partial charge in [-0.05, 0) is 30.0 Å². The van der Waals surface area contributed by atoms with E-state index in [0.717, 1.165) is 5.56 Å². The van der Waals surface area contributed by atoms with Gasteiger partial charge in [-0.1, -0.05) is 43.1 Å². The Bertz CT molecular complexity index is 644. The molecule has 0 saturated heterocycles. The summed E-state index contributed by atoms with van der Waals surface area (Å²) in [6.45, 7) is 4.68. The lowest BCUT2D eigenvalue weighted by Gasteiger charge is -2.21. The Morgan fingerprint density at radius 3 is 2.52 bits per heavy atom. The number of halogens is 2. The van der Waals surface area contributed by atoms with Crippen molar-refractivity contribution >= 4 is 29.1 Å². The minimum atomic E-state index is -0.0105. The molecule has 7 heteroatoms. The molecule has 23 heavy (non-hydrogen) atoms. The zero-order chi connectivity index (χ0) is 16.8. The standard InChI is InChI=1S/C16H20Cl2N4O/c1-11(2)15(10-22-19-7-8-20-22)21-16(23)6-4-12-3-5-13(17)14(18)9-12/h3,5,7-9,11,15H,4,6,10H2,1-2H3,(H,21,23)/t15-/m1/s1. The summed E-state index contributed by atoms with van der Waals surface area (Å²) >= 11 is 11.9. The van der Waals surface area contributed by atoms with Crippen LogP contribution in [0.3, 0.4) is 0 Å². The summed E-state index contributed by atoms with van der Waals surface area (Å²) in [5.74, 6) is 0.289. The molecule has 2 aromatic rings. The minimum Gasteiger partial charge on any atom is -0.351 e. The van der Waals surface area contributed by atoms with Gasteiger partial charge in [-0.3, -0.25) is 4.79 Å². The van der Waals surface area contributed by atoms with Gasteiger partial charge in [0.15, 0.2) is 0 Å². The molecule has 1 atom stereocenters. The Kier molecular flexibility index (Phi) is 6.42. The second-order valence-corrected chi connectivity index (χ2v) is 6.56. The van der Waals surface area contributed by atoms with Crippen molar-refractivity contribution in [2.45, 2.75) is 39.3 Å². The smallest absolute Gasteiger partial charge is 0.220 e. The van der Waals surface area contributed by atoms with Crippen molar-refractivity contribution in [3.05, 3.63) is 46.2 Å². The molecule has 0 aliphatic carbocycles. The molecule has 0 unspecified atom stereocenters. The maximum atomic E-state index is 12.2. The van der Waals surface area contributed by atoms with Gasteiger partial charge in [0.25, 0.3) is 0 Å². The van der Waals surface area contributed by atoms with Gasteiger partial charge >= 0.3 is 0 Å². The van der Waals surface area contributed by atoms with Crippen LogP contribution in [-0.2, 0) is 17.8 Å². The molecular formula is C16H20Cl2N4O. The van der Waals surface area contributed by atoms with Crippen LogP contribution in [0.2, 0.25) is 10.0 Å². The second kappa shape index (κ2) is 8.31. The SMILES string of the molecule is CC(C)[C@@H](Cn1nccn1)NC(=O)CCc1ccc(Cl)c(Cl)c1. The molecular weight excluding hydrogens is 335 g/mol. The first-order valence-corrected chi connectivity index (χ1v) is 8.28. The molecule has 0 spiro atoms. The Hall–Kier alpha value is -1.59. The Balaban J connectivity index is 1.87. The summed E-state index contributed by atoms with van der Waals surface area (Å²) in [6.07, 6.45) is 4.27. The lowest BCUT2D eigenvalue weighted by Crippen LogP contribution is -2.42. The van der Waals surface area contributed by atoms with E-state index in [4.69, 9.17) is 23.2 Å². The normalized spacial score (nSPS) is 12.4. The molecule has 0 radical (unpaired) electrons. The predicted octanol–water partition coefficient (Wildman–Crippen LogP) is 3.36. The minimum absolute atomic E-state index is 0.00179. The van der Waals surface area contributed by atoms with Crippen molar-refractivity contribution in [1.29, 1.82) is 0 Å². The first-order chi connectivity index (χ1) is 11.0. The van der Waals surface area contributed by atoms with E-state index in [2.05, 4.69) is 29.4 Å². The van der Waals surface area contributed by atoms with E-state index in [1.165, 1.54) is 0 Å². The van der Waals surface area contributed by atoms with Crippen molar-refractivity contribution < 1.29 is 4.79 Å². The monoisotopic (exact) mass is 354 g/mol. The van der Waals surface area contributed by atoms with Gasteiger partial charge in [0.05, 0.1) is 35.0 Å². The number of hydrogen-bond acceptors (Lipinski definition) is 3. The molecule has 1 heterocycles. The van der Waals surface area contributed by atoms with Crippen molar-refractivity contribution in [2.75, 3.05) is 0 Å². The summed E-state index contributed by atoms with van der Waals surface area (Å²) in [5, 5.41) is 12.2. The summed E-state index contributed by atoms with van der Waals surface area (Å²) in [7, 11) is 0. The van der Waals surface area contributed by atoms with E-state index in [1.807, 2.05) is 6.07 Å². The molecule has 5 nitrogen and oxygen atoms in total. The van der Waals surface area contributed by atoms with E-state index in [9.17, 15) is 4.79 Å². The van der Waals surface area contributed by atoms with Crippen LogP contribution >= 0.6 is 23.2 Å². The van der Waals surface area contributed by atoms with Gasteiger partial charge in [-0.25, -0.2) is 0 Å². The molecule has 1 aromatic carbocycles. The topological polar surface area (TPSA) is 59.8 Å². The van der Waals surface area contributed by atoms with Gasteiger partial charge in [-0.15, -0.1) is 0 Å². The van der Waals surface area contributed by atoms with Gasteiger partial charge in [-0.2, -0.15) is 15.0 Å². The highest BCUT2D eigenvalue weighted by atomic mass is 35.5. The highest BCUT2D eigenvalue weighted by Crippen LogP contribution is 2.23. The lowest BCUT2D eigenvalue weighted by atomic mass is 10.0. The quantitative estimate of drug-likeness (QED) is 0.829. The number of nitrogens with one attached hydrogen (secondary N) is 1. The third-order valence-electron chi connectivity index (χ3n) is 3.60. The number of hydrogen-bond donors (Lipinski definition) is 1. The first kappa shape index (κ1) is 17.8. The number of benzene rings is 1. The molecule has 0 aliphatic rings. The molecule has 124 valence electrons. The number of rotatable bonds is 7. The summed E-state index contributed by atoms with van der Waals surface area (Å²) in [6, 6.07) is 5.42. The lowest BCUT2D eigenvalue weighted by molar-refractivity contribution is -0.122. The van der Waals surface area contributed by atoms with E-state index >= 15 is 0 Å². The number of carbonyl (C=O) groups is 1. The van der Waals surface area contributed by atoms with Crippen molar-refractivity contribution in [2.24, 2.45) is 5.92 Å². The third-order valence-corrected chi connectivity index (χ3v) is 4.34. The Morgan fingerprint density at radius 2 is 1.91 bits per heavy atom. The maximum absolute atomic E-state index is 12.2. The molecule has 0 fully saturated rings. The average Bonchev–Trinajstić information content (AvgIpc) is 3.01. The van der Waals surface area contributed by atoms with Gasteiger partial charge in [0.1, 0.15) is 0 Å². The van der Waals surface area contributed by atoms with Crippen molar-refractivity contribution in [3.8, 4) is 0 Å². The van der Waals surface area contributed by atoms with Crippen LogP contribution in [0.15, 0.2) is 30.6 Å². The zero-order valence-corrected chi connectivity index (χ0v) is 14.7. The second-order valence-electron chi connectivity index (χ2n) is 5.75. The zero-order valence-electron chi connectivity index (χ0n) is 13.2. The number of aryl methyl sites for hydroxylation is 1. The molecule has 0 bridgehead atoms. The van der Waals surface area contributed by atoms with E-state index in [-0.39, 0.29) is 17.9 Å². The fourth-order valence-electron chi connectivity index (χ4n) is 2.17. The molecule has 1 aromatic heterocycles. The molecule has 1 amide bonds. The van der Waals surface area contributed by atoms with Gasteiger partial charge in [0.2, 0.25) is 5.91 Å². The number of carbonyl (C=O) groups excluding carboxylic acids is 1. The number of nitrogens with zero attached hydrogens (tertiary/aromatic N) is 3. The van der Waals surface area contributed by atoms with Crippen LogP contribution in [0.5, 0.6) is 0 Å². The average molecular weight is 355 g/mol. The number of aromatic nitrogens is 3. The largest absolute Gasteiger partial charge is 0.351 e. The maximum Gasteiger partial charge on any atom is 0.220 e. The van der Waals surface area contributed by atoms with Gasteiger partial charge < -0.3 is 5.32 Å². The number of amides is 1. The van der Waals surface area contributed by atoms with Gasteiger partial charge in [0, 0.05) is 6.42 Å². The summed E-state index contributed by atoms with van der Waals surface area (Å²) < 4.78 is 0. The van der Waals surface area contributed by atoms with E-state index in [1.54, 1.807) is 29.3 Å². The fraction of sp³-hybridized carbons (Fsp3) is 0.438. The molecule has 1 N–H and O–H groups in total.